The Hall–Kier alpha value is -0.970. The highest BCUT2D eigenvalue weighted by Gasteiger charge is 2.04. The largest absolute Gasteiger partial charge is 0.388 e. The highest BCUT2D eigenvalue weighted by Crippen LogP contribution is 2.05. The second-order valence-corrected chi connectivity index (χ2v) is 5.33. The van der Waals surface area contributed by atoms with E-state index < -0.39 is 6.10 Å². The summed E-state index contributed by atoms with van der Waals surface area (Å²) in [5.74, 6) is 0. The van der Waals surface area contributed by atoms with Gasteiger partial charge in [0.2, 0.25) is 0 Å². The van der Waals surface area contributed by atoms with E-state index in [2.05, 4.69) is 11.9 Å². The van der Waals surface area contributed by atoms with Gasteiger partial charge in [-0.2, -0.15) is 0 Å². The van der Waals surface area contributed by atoms with Gasteiger partial charge in [-0.25, -0.2) is 0 Å². The summed E-state index contributed by atoms with van der Waals surface area (Å²) in [4.78, 5) is 4.15. The van der Waals surface area contributed by atoms with Crippen molar-refractivity contribution < 1.29 is 14.6 Å². The molecule has 0 aliphatic carbocycles. The molecule has 0 radical (unpaired) electrons. The molecular formula is C17H29NO3. The minimum atomic E-state index is -0.561. The number of hydrogen-bond donors (Lipinski definition) is 1. The highest BCUT2D eigenvalue weighted by atomic mass is 16.5. The van der Waals surface area contributed by atoms with E-state index in [0.29, 0.717) is 13.2 Å². The maximum atomic E-state index is 9.73. The van der Waals surface area contributed by atoms with Crippen LogP contribution in [-0.4, -0.2) is 36.0 Å². The quantitative estimate of drug-likeness (QED) is 0.567. The summed E-state index contributed by atoms with van der Waals surface area (Å²) in [6.45, 7) is 4.00. The molecule has 4 nitrogen and oxygen atoms in total. The molecule has 0 amide bonds. The van der Waals surface area contributed by atoms with Crippen molar-refractivity contribution in [3.05, 3.63) is 30.1 Å². The standard InChI is InChI=1S/C17H29NO3/c1-2-3-4-5-6-9-12-20-14-17(19)15-21-13-16-10-7-8-11-18-16/h7-8,10-11,17,19H,2-6,9,12-15H2,1H3. The SMILES string of the molecule is CCCCCCCCOCC(O)COCc1ccccn1. The number of aliphatic hydroxyl groups excluding tert-OH is 1. The first kappa shape index (κ1) is 18.1. The van der Waals surface area contributed by atoms with Gasteiger partial charge in [0.25, 0.3) is 0 Å². The smallest absolute Gasteiger partial charge is 0.101 e. The number of aliphatic hydroxyl groups is 1. The molecule has 1 atom stereocenters. The lowest BCUT2D eigenvalue weighted by Gasteiger charge is -2.11. The van der Waals surface area contributed by atoms with Crippen LogP contribution in [0.15, 0.2) is 24.4 Å². The number of aromatic nitrogens is 1. The molecule has 1 N–H and O–H groups in total. The number of pyridine rings is 1. The van der Waals surface area contributed by atoms with Gasteiger partial charge < -0.3 is 14.6 Å². The number of ether oxygens (including phenoxy) is 2. The monoisotopic (exact) mass is 295 g/mol. The third-order valence-corrected chi connectivity index (χ3v) is 3.24. The van der Waals surface area contributed by atoms with Gasteiger partial charge in [-0.15, -0.1) is 0 Å². The van der Waals surface area contributed by atoms with Crippen LogP contribution in [0.5, 0.6) is 0 Å². The van der Waals surface area contributed by atoms with Crippen LogP contribution in [0.2, 0.25) is 0 Å². The summed E-state index contributed by atoms with van der Waals surface area (Å²) in [5.41, 5.74) is 0.873. The van der Waals surface area contributed by atoms with Gasteiger partial charge in [-0.1, -0.05) is 45.1 Å². The first-order valence-electron chi connectivity index (χ1n) is 8.06. The van der Waals surface area contributed by atoms with Crippen molar-refractivity contribution in [2.45, 2.75) is 58.2 Å². The van der Waals surface area contributed by atoms with Crippen LogP contribution in [0.25, 0.3) is 0 Å². The molecule has 0 bridgehead atoms. The summed E-state index contributed by atoms with van der Waals surface area (Å²) in [6, 6.07) is 5.70. The predicted octanol–water partition coefficient (Wildman–Crippen LogP) is 3.34. The van der Waals surface area contributed by atoms with E-state index in [1.807, 2.05) is 18.2 Å². The normalized spacial score (nSPS) is 12.5. The summed E-state index contributed by atoms with van der Waals surface area (Å²) in [6.07, 6.45) is 8.67. The summed E-state index contributed by atoms with van der Waals surface area (Å²) in [7, 11) is 0. The van der Waals surface area contributed by atoms with E-state index in [1.165, 1.54) is 32.1 Å². The third-order valence-electron chi connectivity index (χ3n) is 3.24. The fourth-order valence-electron chi connectivity index (χ4n) is 2.03. The second kappa shape index (κ2) is 12.7. The molecule has 0 aliphatic rings. The second-order valence-electron chi connectivity index (χ2n) is 5.33. The first-order valence-corrected chi connectivity index (χ1v) is 8.06. The van der Waals surface area contributed by atoms with E-state index in [-0.39, 0.29) is 6.61 Å². The fraction of sp³-hybridized carbons (Fsp3) is 0.706. The molecule has 1 unspecified atom stereocenters. The van der Waals surface area contributed by atoms with Crippen LogP contribution < -0.4 is 0 Å². The van der Waals surface area contributed by atoms with Gasteiger partial charge >= 0.3 is 0 Å². The molecule has 21 heavy (non-hydrogen) atoms. The predicted molar refractivity (Wildman–Crippen MR) is 84.1 cm³/mol. The molecule has 0 saturated carbocycles. The average molecular weight is 295 g/mol. The van der Waals surface area contributed by atoms with E-state index >= 15 is 0 Å². The van der Waals surface area contributed by atoms with Crippen LogP contribution in [-0.2, 0) is 16.1 Å². The van der Waals surface area contributed by atoms with Crippen molar-refractivity contribution in [3.8, 4) is 0 Å². The number of unbranched alkanes of at least 4 members (excludes halogenated alkanes) is 5. The molecule has 1 aromatic rings. The molecule has 0 saturated heterocycles. The zero-order valence-corrected chi connectivity index (χ0v) is 13.2. The lowest BCUT2D eigenvalue weighted by atomic mass is 10.1. The Morgan fingerprint density at radius 1 is 1.05 bits per heavy atom. The Morgan fingerprint density at radius 2 is 1.81 bits per heavy atom. The van der Waals surface area contributed by atoms with E-state index in [4.69, 9.17) is 9.47 Å². The molecular weight excluding hydrogens is 266 g/mol. The summed E-state index contributed by atoms with van der Waals surface area (Å²) < 4.78 is 10.9. The minimum absolute atomic E-state index is 0.285. The first-order chi connectivity index (χ1) is 10.3. The van der Waals surface area contributed by atoms with Crippen LogP contribution in [0.1, 0.15) is 51.1 Å². The van der Waals surface area contributed by atoms with Crippen molar-refractivity contribution in [2.24, 2.45) is 0 Å². The van der Waals surface area contributed by atoms with Crippen LogP contribution in [0.4, 0.5) is 0 Å². The Kier molecular flexibility index (Phi) is 11.0. The van der Waals surface area contributed by atoms with Gasteiger partial charge in [0.05, 0.1) is 25.5 Å². The summed E-state index contributed by atoms with van der Waals surface area (Å²) in [5, 5.41) is 9.73. The average Bonchev–Trinajstić information content (AvgIpc) is 2.51. The Bertz CT molecular complexity index is 332. The van der Waals surface area contributed by atoms with Crippen LogP contribution in [0.3, 0.4) is 0 Å². The Labute approximate surface area is 128 Å². The molecule has 0 aliphatic heterocycles. The lowest BCUT2D eigenvalue weighted by Crippen LogP contribution is -2.22. The number of rotatable bonds is 13. The number of hydrogen-bond acceptors (Lipinski definition) is 4. The topological polar surface area (TPSA) is 51.6 Å². The molecule has 0 spiro atoms. The molecule has 4 heteroatoms. The van der Waals surface area contributed by atoms with Crippen molar-refractivity contribution in [1.82, 2.24) is 4.98 Å². The molecule has 0 aromatic carbocycles. The minimum Gasteiger partial charge on any atom is -0.388 e. The lowest BCUT2D eigenvalue weighted by molar-refractivity contribution is -0.0245. The molecule has 120 valence electrons. The van der Waals surface area contributed by atoms with E-state index in [9.17, 15) is 5.11 Å². The zero-order chi connectivity index (χ0) is 15.2. The van der Waals surface area contributed by atoms with Crippen LogP contribution in [0, 0.1) is 0 Å². The van der Waals surface area contributed by atoms with Crippen molar-refractivity contribution in [2.75, 3.05) is 19.8 Å². The van der Waals surface area contributed by atoms with Crippen molar-refractivity contribution in [1.29, 1.82) is 0 Å². The highest BCUT2D eigenvalue weighted by molar-refractivity contribution is 5.01. The Morgan fingerprint density at radius 3 is 2.57 bits per heavy atom. The molecule has 1 aromatic heterocycles. The zero-order valence-electron chi connectivity index (χ0n) is 13.2. The maximum Gasteiger partial charge on any atom is 0.101 e. The van der Waals surface area contributed by atoms with Gasteiger partial charge in [0.1, 0.15) is 6.10 Å². The molecule has 1 rings (SSSR count). The van der Waals surface area contributed by atoms with E-state index in [0.717, 1.165) is 18.7 Å². The fourth-order valence-corrected chi connectivity index (χ4v) is 2.03. The maximum absolute atomic E-state index is 9.73. The van der Waals surface area contributed by atoms with Gasteiger partial charge in [-0.05, 0) is 18.6 Å². The van der Waals surface area contributed by atoms with E-state index in [1.54, 1.807) is 6.20 Å². The third kappa shape index (κ3) is 10.4. The van der Waals surface area contributed by atoms with Crippen molar-refractivity contribution in [3.63, 3.8) is 0 Å². The van der Waals surface area contributed by atoms with Gasteiger partial charge in [0.15, 0.2) is 0 Å². The van der Waals surface area contributed by atoms with Crippen LogP contribution >= 0.6 is 0 Å². The van der Waals surface area contributed by atoms with Gasteiger partial charge in [0, 0.05) is 12.8 Å². The van der Waals surface area contributed by atoms with Gasteiger partial charge in [-0.3, -0.25) is 4.98 Å². The molecule has 1 heterocycles. The molecule has 0 fully saturated rings. The van der Waals surface area contributed by atoms with Crippen molar-refractivity contribution >= 4 is 0 Å². The Balaban J connectivity index is 1.88. The number of nitrogens with zero attached hydrogens (tertiary/aromatic N) is 1. The summed E-state index contributed by atoms with van der Waals surface area (Å²) >= 11 is 0.